The Bertz CT molecular complexity index is 94.9. The zero-order valence-electron chi connectivity index (χ0n) is 6.09. The fraction of sp³-hybridized carbons (Fsp3) is 1.00. The number of aliphatic hydroxyl groups excluding tert-OH is 1. The van der Waals surface area contributed by atoms with Crippen LogP contribution in [0.15, 0.2) is 0 Å². The standard InChI is InChI=1S/C7H15NO/c1-3-6-7(9)4-5(2)8-6/h5-9H,3-4H2,1-2H3. The highest BCUT2D eigenvalue weighted by atomic mass is 16.3. The first-order valence-corrected chi connectivity index (χ1v) is 3.68. The van der Waals surface area contributed by atoms with E-state index in [-0.39, 0.29) is 6.10 Å². The van der Waals surface area contributed by atoms with Crippen LogP contribution in [0.1, 0.15) is 26.7 Å². The van der Waals surface area contributed by atoms with E-state index in [0.29, 0.717) is 12.1 Å². The minimum Gasteiger partial charge on any atom is -0.391 e. The molecule has 1 aliphatic rings. The van der Waals surface area contributed by atoms with Crippen LogP contribution < -0.4 is 5.32 Å². The second kappa shape index (κ2) is 2.67. The molecule has 1 rings (SSSR count). The molecule has 3 unspecified atom stereocenters. The zero-order valence-corrected chi connectivity index (χ0v) is 6.09. The highest BCUT2D eigenvalue weighted by Crippen LogP contribution is 2.14. The molecule has 9 heavy (non-hydrogen) atoms. The van der Waals surface area contributed by atoms with Gasteiger partial charge >= 0.3 is 0 Å². The number of nitrogens with one attached hydrogen (secondary N) is 1. The lowest BCUT2D eigenvalue weighted by Gasteiger charge is -2.10. The number of hydrogen-bond acceptors (Lipinski definition) is 2. The molecule has 0 aromatic heterocycles. The van der Waals surface area contributed by atoms with Gasteiger partial charge in [0.2, 0.25) is 0 Å². The summed E-state index contributed by atoms with van der Waals surface area (Å²) in [6, 6.07) is 0.852. The molecule has 0 aromatic carbocycles. The summed E-state index contributed by atoms with van der Waals surface area (Å²) in [6.07, 6.45) is 1.84. The van der Waals surface area contributed by atoms with Crippen LogP contribution in [-0.4, -0.2) is 23.3 Å². The predicted molar refractivity (Wildman–Crippen MR) is 37.3 cm³/mol. The minimum absolute atomic E-state index is 0.106. The molecule has 1 fully saturated rings. The van der Waals surface area contributed by atoms with Gasteiger partial charge < -0.3 is 10.4 Å². The Labute approximate surface area is 56.3 Å². The van der Waals surface area contributed by atoms with Gasteiger partial charge in [-0.1, -0.05) is 6.92 Å². The van der Waals surface area contributed by atoms with E-state index < -0.39 is 0 Å². The van der Waals surface area contributed by atoms with Gasteiger partial charge in [0, 0.05) is 12.1 Å². The van der Waals surface area contributed by atoms with Crippen molar-refractivity contribution in [2.45, 2.75) is 44.9 Å². The van der Waals surface area contributed by atoms with E-state index in [9.17, 15) is 5.11 Å². The van der Waals surface area contributed by atoms with Gasteiger partial charge in [-0.15, -0.1) is 0 Å². The Balaban J connectivity index is 2.38. The number of hydrogen-bond donors (Lipinski definition) is 2. The summed E-state index contributed by atoms with van der Waals surface area (Å²) in [5, 5.41) is 12.6. The molecule has 2 N–H and O–H groups in total. The van der Waals surface area contributed by atoms with Crippen LogP contribution in [-0.2, 0) is 0 Å². The summed E-state index contributed by atoms with van der Waals surface area (Å²) in [5.74, 6) is 0. The van der Waals surface area contributed by atoms with Crippen LogP contribution in [0.3, 0.4) is 0 Å². The van der Waals surface area contributed by atoms with E-state index in [1.807, 2.05) is 0 Å². The molecule has 0 amide bonds. The molecular weight excluding hydrogens is 114 g/mol. The number of aliphatic hydroxyl groups is 1. The summed E-state index contributed by atoms with van der Waals surface area (Å²) in [4.78, 5) is 0. The highest BCUT2D eigenvalue weighted by Gasteiger charge is 2.27. The van der Waals surface area contributed by atoms with Crippen molar-refractivity contribution in [1.82, 2.24) is 5.32 Å². The summed E-state index contributed by atoms with van der Waals surface area (Å²) in [7, 11) is 0. The van der Waals surface area contributed by atoms with Crippen molar-refractivity contribution in [3.8, 4) is 0 Å². The Morgan fingerprint density at radius 3 is 2.56 bits per heavy atom. The monoisotopic (exact) mass is 129 g/mol. The smallest absolute Gasteiger partial charge is 0.0707 e. The van der Waals surface area contributed by atoms with E-state index in [2.05, 4.69) is 19.2 Å². The molecule has 1 aliphatic heterocycles. The molecule has 1 heterocycles. The Morgan fingerprint density at radius 2 is 2.33 bits per heavy atom. The van der Waals surface area contributed by atoms with Crippen LogP contribution in [0.5, 0.6) is 0 Å². The van der Waals surface area contributed by atoms with Gasteiger partial charge in [0.05, 0.1) is 6.10 Å². The van der Waals surface area contributed by atoms with E-state index in [0.717, 1.165) is 12.8 Å². The van der Waals surface area contributed by atoms with Gasteiger partial charge in [-0.05, 0) is 19.8 Å². The predicted octanol–water partition coefficient (Wildman–Crippen LogP) is 0.508. The zero-order chi connectivity index (χ0) is 6.85. The molecule has 0 spiro atoms. The summed E-state index contributed by atoms with van der Waals surface area (Å²) < 4.78 is 0. The van der Waals surface area contributed by atoms with Gasteiger partial charge in [-0.2, -0.15) is 0 Å². The Morgan fingerprint density at radius 1 is 1.67 bits per heavy atom. The largest absolute Gasteiger partial charge is 0.391 e. The Hall–Kier alpha value is -0.0800. The molecular formula is C7H15NO. The molecule has 0 aliphatic carbocycles. The van der Waals surface area contributed by atoms with Crippen molar-refractivity contribution in [3.63, 3.8) is 0 Å². The van der Waals surface area contributed by atoms with Crippen LogP contribution in [0.4, 0.5) is 0 Å². The summed E-state index contributed by atoms with van der Waals surface area (Å²) >= 11 is 0. The van der Waals surface area contributed by atoms with Crippen LogP contribution >= 0.6 is 0 Å². The first-order chi connectivity index (χ1) is 4.24. The van der Waals surface area contributed by atoms with Crippen molar-refractivity contribution in [2.75, 3.05) is 0 Å². The maximum absolute atomic E-state index is 9.30. The summed E-state index contributed by atoms with van der Waals surface area (Å²) in [5.41, 5.74) is 0. The van der Waals surface area contributed by atoms with Crippen molar-refractivity contribution in [1.29, 1.82) is 0 Å². The highest BCUT2D eigenvalue weighted by molar-refractivity contribution is 4.87. The maximum Gasteiger partial charge on any atom is 0.0707 e. The second-order valence-corrected chi connectivity index (χ2v) is 2.89. The van der Waals surface area contributed by atoms with E-state index in [1.165, 1.54) is 0 Å². The summed E-state index contributed by atoms with van der Waals surface area (Å²) in [6.45, 7) is 4.21. The molecule has 2 nitrogen and oxygen atoms in total. The van der Waals surface area contributed by atoms with Crippen molar-refractivity contribution in [2.24, 2.45) is 0 Å². The quantitative estimate of drug-likeness (QED) is 0.540. The van der Waals surface area contributed by atoms with Crippen LogP contribution in [0.2, 0.25) is 0 Å². The Kier molecular flexibility index (Phi) is 2.09. The van der Waals surface area contributed by atoms with E-state index >= 15 is 0 Å². The molecule has 0 radical (unpaired) electrons. The molecule has 54 valence electrons. The molecule has 2 heteroatoms. The molecule has 0 aromatic rings. The lowest BCUT2D eigenvalue weighted by molar-refractivity contribution is 0.157. The van der Waals surface area contributed by atoms with Crippen molar-refractivity contribution >= 4 is 0 Å². The fourth-order valence-corrected chi connectivity index (χ4v) is 1.46. The van der Waals surface area contributed by atoms with Gasteiger partial charge in [0.1, 0.15) is 0 Å². The lowest BCUT2D eigenvalue weighted by atomic mass is 10.1. The molecule has 0 saturated carbocycles. The first-order valence-electron chi connectivity index (χ1n) is 3.68. The van der Waals surface area contributed by atoms with Gasteiger partial charge in [-0.25, -0.2) is 0 Å². The second-order valence-electron chi connectivity index (χ2n) is 2.89. The third-order valence-electron chi connectivity index (χ3n) is 2.00. The van der Waals surface area contributed by atoms with E-state index in [4.69, 9.17) is 0 Å². The minimum atomic E-state index is -0.106. The van der Waals surface area contributed by atoms with Crippen molar-refractivity contribution in [3.05, 3.63) is 0 Å². The van der Waals surface area contributed by atoms with E-state index in [1.54, 1.807) is 0 Å². The number of rotatable bonds is 1. The normalized spacial score (nSPS) is 43.7. The van der Waals surface area contributed by atoms with Gasteiger partial charge in [0.25, 0.3) is 0 Å². The average molecular weight is 129 g/mol. The van der Waals surface area contributed by atoms with Gasteiger partial charge in [0.15, 0.2) is 0 Å². The molecule has 3 atom stereocenters. The molecule has 0 bridgehead atoms. The van der Waals surface area contributed by atoms with Gasteiger partial charge in [-0.3, -0.25) is 0 Å². The average Bonchev–Trinajstić information content (AvgIpc) is 2.10. The molecule has 1 saturated heterocycles. The third-order valence-corrected chi connectivity index (χ3v) is 2.00. The fourth-order valence-electron chi connectivity index (χ4n) is 1.46. The SMILES string of the molecule is CCC1NC(C)CC1O. The topological polar surface area (TPSA) is 32.3 Å². The third kappa shape index (κ3) is 1.43. The van der Waals surface area contributed by atoms with Crippen LogP contribution in [0, 0.1) is 0 Å². The first kappa shape index (κ1) is 7.03. The lowest BCUT2D eigenvalue weighted by Crippen LogP contribution is -2.31. The van der Waals surface area contributed by atoms with Crippen LogP contribution in [0.25, 0.3) is 0 Å². The van der Waals surface area contributed by atoms with Crippen molar-refractivity contribution < 1.29 is 5.11 Å². The maximum atomic E-state index is 9.30.